The van der Waals surface area contributed by atoms with E-state index in [-0.39, 0.29) is 5.84 Å². The average molecular weight is 257 g/mol. The van der Waals surface area contributed by atoms with Crippen molar-refractivity contribution in [2.24, 2.45) is 5.73 Å². The number of nitrogen functional groups attached to an aromatic ring is 1. The Hall–Kier alpha value is -2.56. The molecule has 2 aromatic rings. The molecular weight excluding hydrogens is 242 g/mol. The number of nitrogens with two attached hydrogens (primary N) is 1. The number of rotatable bonds is 5. The molecule has 5 nitrogen and oxygen atoms in total. The summed E-state index contributed by atoms with van der Waals surface area (Å²) < 4.78 is 11.2. The van der Waals surface area contributed by atoms with E-state index in [1.54, 1.807) is 24.4 Å². The number of aromatic nitrogens is 1. The van der Waals surface area contributed by atoms with E-state index in [9.17, 15) is 0 Å². The Morgan fingerprint density at radius 1 is 1.21 bits per heavy atom. The predicted octanol–water partition coefficient (Wildman–Crippen LogP) is 2.56. The molecular formula is C14H15N3O2. The van der Waals surface area contributed by atoms with E-state index >= 15 is 0 Å². The molecule has 0 amide bonds. The first-order valence-electron chi connectivity index (χ1n) is 5.91. The Morgan fingerprint density at radius 2 is 1.95 bits per heavy atom. The molecule has 0 aliphatic carbocycles. The van der Waals surface area contributed by atoms with E-state index < -0.39 is 0 Å². The van der Waals surface area contributed by atoms with E-state index in [2.05, 4.69) is 4.98 Å². The van der Waals surface area contributed by atoms with Crippen LogP contribution in [0.2, 0.25) is 0 Å². The molecule has 0 unspecified atom stereocenters. The number of nitrogens with one attached hydrogen (secondary N) is 1. The molecule has 0 bridgehead atoms. The van der Waals surface area contributed by atoms with Gasteiger partial charge in [-0.2, -0.15) is 0 Å². The SMILES string of the molecule is CCOc1ccccc1Oc1ncccc1C(=N)N. The molecule has 2 rings (SSSR count). The summed E-state index contributed by atoms with van der Waals surface area (Å²) >= 11 is 0. The zero-order valence-corrected chi connectivity index (χ0v) is 10.6. The Bertz CT molecular complexity index is 584. The van der Waals surface area contributed by atoms with Crippen LogP contribution < -0.4 is 15.2 Å². The molecule has 0 spiro atoms. The zero-order chi connectivity index (χ0) is 13.7. The normalized spacial score (nSPS) is 9.95. The second-order valence-electron chi connectivity index (χ2n) is 3.75. The highest BCUT2D eigenvalue weighted by atomic mass is 16.5. The third kappa shape index (κ3) is 3.01. The summed E-state index contributed by atoms with van der Waals surface area (Å²) in [7, 11) is 0. The van der Waals surface area contributed by atoms with Gasteiger partial charge in [0.1, 0.15) is 5.84 Å². The number of nitrogens with zero attached hydrogens (tertiary/aromatic N) is 1. The molecule has 0 radical (unpaired) electrons. The van der Waals surface area contributed by atoms with Crippen molar-refractivity contribution < 1.29 is 9.47 Å². The van der Waals surface area contributed by atoms with Gasteiger partial charge in [0.05, 0.1) is 12.2 Å². The highest BCUT2D eigenvalue weighted by Gasteiger charge is 2.11. The van der Waals surface area contributed by atoms with Crippen LogP contribution >= 0.6 is 0 Å². The van der Waals surface area contributed by atoms with Crippen LogP contribution in [0.1, 0.15) is 12.5 Å². The van der Waals surface area contributed by atoms with Crippen molar-refractivity contribution in [3.05, 3.63) is 48.2 Å². The number of ether oxygens (including phenoxy) is 2. The molecule has 98 valence electrons. The molecule has 5 heteroatoms. The molecule has 0 aliphatic rings. The maximum absolute atomic E-state index is 7.50. The zero-order valence-electron chi connectivity index (χ0n) is 10.6. The number of pyridine rings is 1. The molecule has 1 aromatic carbocycles. The van der Waals surface area contributed by atoms with Crippen LogP contribution in [-0.4, -0.2) is 17.4 Å². The van der Waals surface area contributed by atoms with Crippen molar-refractivity contribution in [2.75, 3.05) is 6.61 Å². The Morgan fingerprint density at radius 3 is 2.63 bits per heavy atom. The topological polar surface area (TPSA) is 81.2 Å². The first-order valence-corrected chi connectivity index (χ1v) is 5.91. The van der Waals surface area contributed by atoms with Crippen LogP contribution in [0.3, 0.4) is 0 Å². The first kappa shape index (κ1) is 12.9. The summed E-state index contributed by atoms with van der Waals surface area (Å²) in [5.74, 6) is 1.38. The fourth-order valence-electron chi connectivity index (χ4n) is 1.59. The summed E-state index contributed by atoms with van der Waals surface area (Å²) in [6.45, 7) is 2.45. The molecule has 0 saturated carbocycles. The number of para-hydroxylation sites is 2. The average Bonchev–Trinajstić information content (AvgIpc) is 2.42. The first-order chi connectivity index (χ1) is 9.22. The molecule has 0 fully saturated rings. The minimum Gasteiger partial charge on any atom is -0.490 e. The number of hydrogen-bond donors (Lipinski definition) is 2. The monoisotopic (exact) mass is 257 g/mol. The van der Waals surface area contributed by atoms with Crippen molar-refractivity contribution in [3.63, 3.8) is 0 Å². The van der Waals surface area contributed by atoms with Gasteiger partial charge in [-0.05, 0) is 31.2 Å². The van der Waals surface area contributed by atoms with E-state index in [0.29, 0.717) is 29.5 Å². The summed E-state index contributed by atoms with van der Waals surface area (Å²) in [6.07, 6.45) is 1.59. The lowest BCUT2D eigenvalue weighted by Gasteiger charge is -2.12. The van der Waals surface area contributed by atoms with Gasteiger partial charge in [-0.15, -0.1) is 0 Å². The minimum atomic E-state index is -0.0861. The Kier molecular flexibility index (Phi) is 3.97. The standard InChI is InChI=1S/C14H15N3O2/c1-2-18-11-7-3-4-8-12(11)19-14-10(13(15)16)6-5-9-17-14/h3-9H,2H2,1H3,(H3,15,16). The molecule has 3 N–H and O–H groups in total. The number of hydrogen-bond acceptors (Lipinski definition) is 4. The Balaban J connectivity index is 2.34. The second-order valence-corrected chi connectivity index (χ2v) is 3.75. The summed E-state index contributed by atoms with van der Waals surface area (Å²) in [5.41, 5.74) is 5.95. The van der Waals surface area contributed by atoms with Gasteiger partial charge in [-0.3, -0.25) is 5.41 Å². The van der Waals surface area contributed by atoms with Crippen LogP contribution in [0, 0.1) is 5.41 Å². The number of amidine groups is 1. The smallest absolute Gasteiger partial charge is 0.230 e. The van der Waals surface area contributed by atoms with E-state index in [0.717, 1.165) is 0 Å². The fourth-order valence-corrected chi connectivity index (χ4v) is 1.59. The molecule has 1 aromatic heterocycles. The quantitative estimate of drug-likeness (QED) is 0.637. The lowest BCUT2D eigenvalue weighted by atomic mass is 10.2. The van der Waals surface area contributed by atoms with Crippen LogP contribution in [0.4, 0.5) is 0 Å². The third-order valence-corrected chi connectivity index (χ3v) is 2.42. The van der Waals surface area contributed by atoms with Gasteiger partial charge >= 0.3 is 0 Å². The van der Waals surface area contributed by atoms with Gasteiger partial charge in [-0.1, -0.05) is 12.1 Å². The van der Waals surface area contributed by atoms with Gasteiger partial charge in [-0.25, -0.2) is 4.98 Å². The van der Waals surface area contributed by atoms with Gasteiger partial charge in [0.2, 0.25) is 5.88 Å². The number of benzene rings is 1. The molecule has 0 saturated heterocycles. The predicted molar refractivity (Wildman–Crippen MR) is 72.9 cm³/mol. The van der Waals surface area contributed by atoms with Gasteiger partial charge in [0.25, 0.3) is 0 Å². The van der Waals surface area contributed by atoms with Crippen LogP contribution in [-0.2, 0) is 0 Å². The lowest BCUT2D eigenvalue weighted by Crippen LogP contribution is -2.13. The van der Waals surface area contributed by atoms with Crippen LogP contribution in [0.25, 0.3) is 0 Å². The fraction of sp³-hybridized carbons (Fsp3) is 0.143. The largest absolute Gasteiger partial charge is 0.490 e. The highest BCUT2D eigenvalue weighted by Crippen LogP contribution is 2.31. The van der Waals surface area contributed by atoms with Gasteiger partial charge in [0.15, 0.2) is 11.5 Å². The summed E-state index contributed by atoms with van der Waals surface area (Å²) in [5, 5.41) is 7.50. The van der Waals surface area contributed by atoms with Gasteiger partial charge in [0, 0.05) is 6.20 Å². The van der Waals surface area contributed by atoms with Crippen molar-refractivity contribution in [1.82, 2.24) is 4.98 Å². The van der Waals surface area contributed by atoms with Crippen molar-refractivity contribution in [2.45, 2.75) is 6.92 Å². The summed E-state index contributed by atoms with van der Waals surface area (Å²) in [6, 6.07) is 10.7. The van der Waals surface area contributed by atoms with E-state index in [1.165, 1.54) is 0 Å². The minimum absolute atomic E-state index is 0.0861. The second kappa shape index (κ2) is 5.86. The van der Waals surface area contributed by atoms with Gasteiger partial charge < -0.3 is 15.2 Å². The maximum atomic E-state index is 7.50. The molecule has 19 heavy (non-hydrogen) atoms. The molecule has 1 heterocycles. The highest BCUT2D eigenvalue weighted by molar-refractivity contribution is 5.97. The van der Waals surface area contributed by atoms with Crippen molar-refractivity contribution in [1.29, 1.82) is 5.41 Å². The van der Waals surface area contributed by atoms with Crippen molar-refractivity contribution in [3.8, 4) is 17.4 Å². The third-order valence-electron chi connectivity index (χ3n) is 2.42. The van der Waals surface area contributed by atoms with E-state index in [1.807, 2.05) is 25.1 Å². The summed E-state index contributed by atoms with van der Waals surface area (Å²) in [4.78, 5) is 4.10. The van der Waals surface area contributed by atoms with E-state index in [4.69, 9.17) is 20.6 Å². The van der Waals surface area contributed by atoms with Crippen LogP contribution in [0.5, 0.6) is 17.4 Å². The molecule has 0 atom stereocenters. The maximum Gasteiger partial charge on any atom is 0.230 e. The van der Waals surface area contributed by atoms with Crippen molar-refractivity contribution >= 4 is 5.84 Å². The lowest BCUT2D eigenvalue weighted by molar-refractivity contribution is 0.319. The molecule has 0 aliphatic heterocycles. The Labute approximate surface area is 111 Å². The van der Waals surface area contributed by atoms with Crippen LogP contribution in [0.15, 0.2) is 42.6 Å².